The molecule has 4 saturated heterocycles. The van der Waals surface area contributed by atoms with E-state index < -0.39 is 11.1 Å². The van der Waals surface area contributed by atoms with Crippen molar-refractivity contribution >= 4 is 116 Å². The van der Waals surface area contributed by atoms with Crippen LogP contribution in [0.3, 0.4) is 0 Å². The molecule has 4 fully saturated rings. The Balaban J connectivity index is 0.000000173. The maximum absolute atomic E-state index is 13.8. The highest BCUT2D eigenvalue weighted by Crippen LogP contribution is 2.45. The van der Waals surface area contributed by atoms with Crippen LogP contribution in [0.1, 0.15) is 36.8 Å². The third kappa shape index (κ3) is 9.98. The number of para-hydroxylation sites is 1. The van der Waals surface area contributed by atoms with Gasteiger partial charge in [-0.2, -0.15) is 0 Å². The topological polar surface area (TPSA) is 131 Å². The molecule has 2 unspecified atom stereocenters. The summed E-state index contributed by atoms with van der Waals surface area (Å²) in [6.45, 7) is 1.09. The number of nitrogen functional groups attached to an aromatic ring is 1. The summed E-state index contributed by atoms with van der Waals surface area (Å²) in [5.74, 6) is -0.459. The molecule has 368 valence electrons. The van der Waals surface area contributed by atoms with Gasteiger partial charge in [-0.25, -0.2) is 19.4 Å². The molecule has 0 saturated carbocycles. The van der Waals surface area contributed by atoms with Crippen molar-refractivity contribution in [2.45, 2.75) is 49.6 Å². The zero-order chi connectivity index (χ0) is 51.0. The smallest absolute Gasteiger partial charge is 0.332 e. The summed E-state index contributed by atoms with van der Waals surface area (Å²) < 4.78 is 0. The Bertz CT molecular complexity index is 3270. The molecule has 0 spiro atoms. The van der Waals surface area contributed by atoms with E-state index >= 15 is 0 Å². The van der Waals surface area contributed by atoms with Gasteiger partial charge >= 0.3 is 12.1 Å². The van der Waals surface area contributed by atoms with E-state index in [0.717, 1.165) is 57.6 Å². The number of benzene rings is 7. The van der Waals surface area contributed by atoms with E-state index in [2.05, 4.69) is 10.6 Å². The molecule has 0 aliphatic carbocycles. The van der Waals surface area contributed by atoms with Crippen molar-refractivity contribution in [3.8, 4) is 22.3 Å². The first-order chi connectivity index (χ1) is 35.2. The number of fused-ring (bicyclic) bond motifs is 2. The number of carbonyl (C=O) groups is 4. The van der Waals surface area contributed by atoms with Crippen LogP contribution in [0.4, 0.5) is 38.0 Å². The zero-order valence-electron chi connectivity index (χ0n) is 39.2. The first kappa shape index (κ1) is 49.6. The van der Waals surface area contributed by atoms with Gasteiger partial charge < -0.3 is 26.2 Å². The number of hydrogen-bond acceptors (Lipinski definition) is 6. The van der Waals surface area contributed by atoms with Gasteiger partial charge in [0, 0.05) is 63.1 Å². The van der Waals surface area contributed by atoms with Crippen LogP contribution in [0.5, 0.6) is 0 Å². The van der Waals surface area contributed by atoms with Crippen molar-refractivity contribution in [3.05, 3.63) is 195 Å². The van der Waals surface area contributed by atoms with E-state index in [4.69, 9.17) is 64.4 Å². The van der Waals surface area contributed by atoms with Gasteiger partial charge in [-0.05, 0) is 144 Å². The number of nitrogens with two attached hydrogens (primary N) is 1. The molecule has 11 nitrogen and oxygen atoms in total. The standard InChI is InChI=1S/C32H26Cl2N4O2S.C25H21Cl2N3O2/c33-24-17-25(34)19-28(18-24)38-29(39)32(14-5-15-37(32)31(38)40)20-21-10-12-22(13-11-21)23-6-4-9-27(16-23)36-30(41)35-26-7-2-1-3-8-26;26-19-12-20(27)14-22(13-19)30-23(31)25(9-2-10-29(25)24(30)32)15-16-5-7-17(8-6-16)18-3-1-4-21(28)11-18/h1-4,6-13,16-19H,5,14-15,20H2,(H2,35,36,41);1,3-8,11-14H,2,9-10,15,28H2. The van der Waals surface area contributed by atoms with Crippen LogP contribution in [-0.2, 0) is 22.4 Å². The number of imide groups is 2. The molecule has 4 aliphatic rings. The number of nitrogens with one attached hydrogen (secondary N) is 2. The Morgan fingerprint density at radius 2 is 0.918 bits per heavy atom. The highest BCUT2D eigenvalue weighted by Gasteiger charge is 2.61. The highest BCUT2D eigenvalue weighted by atomic mass is 35.5. The number of urea groups is 2. The third-order valence-electron chi connectivity index (χ3n) is 13.8. The number of thiocarbonyl (C=S) groups is 1. The molecule has 4 heterocycles. The molecular formula is C57H47Cl4N7O4S. The van der Waals surface area contributed by atoms with E-state index in [-0.39, 0.29) is 23.9 Å². The van der Waals surface area contributed by atoms with Crippen molar-refractivity contribution in [2.24, 2.45) is 0 Å². The van der Waals surface area contributed by atoms with Crippen LogP contribution >= 0.6 is 58.6 Å². The van der Waals surface area contributed by atoms with E-state index in [1.807, 2.05) is 127 Å². The molecular weight excluding hydrogens is 1020 g/mol. The normalized spacial score (nSPS) is 19.0. The fourth-order valence-corrected chi connectivity index (χ4v) is 11.8. The minimum absolute atomic E-state index is 0.224. The van der Waals surface area contributed by atoms with Crippen LogP contribution in [0, 0.1) is 0 Å². The Hall–Kier alpha value is -6.93. The van der Waals surface area contributed by atoms with Crippen LogP contribution in [0.25, 0.3) is 22.3 Å². The van der Waals surface area contributed by atoms with E-state index in [1.54, 1.807) is 46.2 Å². The Morgan fingerprint density at radius 1 is 0.493 bits per heavy atom. The van der Waals surface area contributed by atoms with Gasteiger partial charge in [0.2, 0.25) is 0 Å². The lowest BCUT2D eigenvalue weighted by Crippen LogP contribution is -2.47. The summed E-state index contributed by atoms with van der Waals surface area (Å²) in [6, 6.07) is 50.6. The van der Waals surface area contributed by atoms with Gasteiger partial charge in [0.15, 0.2) is 5.11 Å². The number of anilines is 5. The average Bonchev–Trinajstić information content (AvgIpc) is 4.09. The molecule has 7 aromatic carbocycles. The van der Waals surface area contributed by atoms with Crippen LogP contribution in [0.2, 0.25) is 20.1 Å². The van der Waals surface area contributed by atoms with E-state index in [1.165, 1.54) is 9.80 Å². The number of carbonyl (C=O) groups excluding carboxylic acids is 4. The number of rotatable bonds is 10. The van der Waals surface area contributed by atoms with Gasteiger partial charge in [-0.15, -0.1) is 0 Å². The first-order valence-corrected chi connectivity index (χ1v) is 25.6. The second-order valence-electron chi connectivity index (χ2n) is 18.6. The van der Waals surface area contributed by atoms with E-state index in [0.29, 0.717) is 81.0 Å². The van der Waals surface area contributed by atoms with Crippen LogP contribution < -0.4 is 26.2 Å². The molecule has 0 bridgehead atoms. The second-order valence-corrected chi connectivity index (χ2v) is 20.7. The van der Waals surface area contributed by atoms with Gasteiger partial charge in [0.05, 0.1) is 11.4 Å². The van der Waals surface area contributed by atoms with Gasteiger partial charge in [0.1, 0.15) is 11.1 Å². The number of halogens is 4. The van der Waals surface area contributed by atoms with Crippen molar-refractivity contribution in [1.29, 1.82) is 0 Å². The second kappa shape index (κ2) is 20.5. The van der Waals surface area contributed by atoms with Gasteiger partial charge in [-0.1, -0.05) is 137 Å². The van der Waals surface area contributed by atoms with Gasteiger partial charge in [0.25, 0.3) is 11.8 Å². The molecule has 0 aromatic heterocycles. The number of nitrogens with zero attached hydrogens (tertiary/aromatic N) is 4. The SMILES string of the molecule is Nc1cccc(-c2ccc(CC34CCCN3C(=O)N(c3cc(Cl)cc(Cl)c3)C4=O)cc2)c1.O=C1N(c2cc(Cl)cc(Cl)c2)C(=O)C2(Cc3ccc(-c4cccc(NC(=S)Nc5ccccc5)c4)cc3)CCCN12. The quantitative estimate of drug-likeness (QED) is 0.0701. The number of hydrogen-bond donors (Lipinski definition) is 3. The summed E-state index contributed by atoms with van der Waals surface area (Å²) >= 11 is 30.1. The largest absolute Gasteiger partial charge is 0.399 e. The fraction of sp³-hybridized carbons (Fsp3) is 0.175. The van der Waals surface area contributed by atoms with Crippen LogP contribution in [-0.4, -0.2) is 63.0 Å². The molecule has 11 rings (SSSR count). The highest BCUT2D eigenvalue weighted by molar-refractivity contribution is 7.80. The summed E-state index contributed by atoms with van der Waals surface area (Å²) in [5, 5.41) is 8.44. The number of amides is 6. The predicted octanol–water partition coefficient (Wildman–Crippen LogP) is 13.8. The molecule has 7 aromatic rings. The minimum Gasteiger partial charge on any atom is -0.399 e. The lowest BCUT2D eigenvalue weighted by Gasteiger charge is -2.28. The fourth-order valence-electron chi connectivity index (χ4n) is 10.5. The monoisotopic (exact) mass is 1070 g/mol. The maximum Gasteiger partial charge on any atom is 0.332 e. The molecule has 16 heteroatoms. The summed E-state index contributed by atoms with van der Waals surface area (Å²) in [7, 11) is 0. The van der Waals surface area contributed by atoms with E-state index in [9.17, 15) is 19.2 Å². The third-order valence-corrected chi connectivity index (χ3v) is 14.9. The van der Waals surface area contributed by atoms with Crippen molar-refractivity contribution in [3.63, 3.8) is 0 Å². The maximum atomic E-state index is 13.8. The lowest BCUT2D eigenvalue weighted by atomic mass is 9.87. The van der Waals surface area contributed by atoms with Crippen molar-refractivity contribution in [2.75, 3.05) is 39.3 Å². The first-order valence-electron chi connectivity index (χ1n) is 23.7. The average molecular weight is 1070 g/mol. The molecule has 4 aliphatic heterocycles. The van der Waals surface area contributed by atoms with Crippen molar-refractivity contribution < 1.29 is 19.2 Å². The zero-order valence-corrected chi connectivity index (χ0v) is 43.0. The molecule has 2 atom stereocenters. The Kier molecular flexibility index (Phi) is 14.0. The Labute approximate surface area is 448 Å². The summed E-state index contributed by atoms with van der Waals surface area (Å²) in [5.41, 5.74) is 13.5. The molecule has 73 heavy (non-hydrogen) atoms. The van der Waals surface area contributed by atoms with Crippen LogP contribution in [0.15, 0.2) is 164 Å². The van der Waals surface area contributed by atoms with Crippen molar-refractivity contribution in [1.82, 2.24) is 9.80 Å². The molecule has 0 radical (unpaired) electrons. The molecule has 4 N–H and O–H groups in total. The lowest BCUT2D eigenvalue weighted by molar-refractivity contribution is -0.124. The Morgan fingerprint density at radius 3 is 1.38 bits per heavy atom. The predicted molar refractivity (Wildman–Crippen MR) is 298 cm³/mol. The van der Waals surface area contributed by atoms with Gasteiger partial charge in [-0.3, -0.25) is 9.59 Å². The molecule has 6 amide bonds. The summed E-state index contributed by atoms with van der Waals surface area (Å²) in [6.07, 6.45) is 3.70. The minimum atomic E-state index is -0.918. The summed E-state index contributed by atoms with van der Waals surface area (Å²) in [4.78, 5) is 59.9.